The Labute approximate surface area is 195 Å². The van der Waals surface area contributed by atoms with E-state index in [0.29, 0.717) is 30.2 Å². The summed E-state index contributed by atoms with van der Waals surface area (Å²) >= 11 is 0. The molecule has 176 valence electrons. The Morgan fingerprint density at radius 2 is 1.79 bits per heavy atom. The first-order chi connectivity index (χ1) is 16.6. The first-order valence-electron chi connectivity index (χ1n) is 11.1. The minimum atomic E-state index is -1.83. The molecule has 0 amide bonds. The zero-order valence-corrected chi connectivity index (χ0v) is 18.5. The van der Waals surface area contributed by atoms with E-state index in [2.05, 4.69) is 10.00 Å². The van der Waals surface area contributed by atoms with Gasteiger partial charge in [0.25, 0.3) is 0 Å². The Bertz CT molecular complexity index is 1270. The lowest BCUT2D eigenvalue weighted by Gasteiger charge is -2.31. The van der Waals surface area contributed by atoms with Crippen molar-refractivity contribution in [3.8, 4) is 11.4 Å². The molecule has 1 aliphatic heterocycles. The van der Waals surface area contributed by atoms with E-state index in [1.807, 2.05) is 24.3 Å². The summed E-state index contributed by atoms with van der Waals surface area (Å²) in [4.78, 5) is 2.16. The summed E-state index contributed by atoms with van der Waals surface area (Å²) in [5.74, 6) is 0.257. The summed E-state index contributed by atoms with van der Waals surface area (Å²) in [6, 6.07) is 18.7. The third-order valence-electron chi connectivity index (χ3n) is 6.08. The van der Waals surface area contributed by atoms with Crippen LogP contribution in [0, 0.1) is 5.82 Å². The third kappa shape index (κ3) is 4.34. The van der Waals surface area contributed by atoms with Crippen molar-refractivity contribution < 1.29 is 23.4 Å². The van der Waals surface area contributed by atoms with E-state index in [4.69, 9.17) is 9.47 Å². The van der Waals surface area contributed by atoms with Gasteiger partial charge in [0.15, 0.2) is 5.60 Å². The topological polar surface area (TPSA) is 59.8 Å². The maximum atomic E-state index is 14.2. The number of nitrogens with zero attached hydrogens (tertiary/aromatic N) is 3. The Morgan fingerprint density at radius 3 is 2.56 bits per heavy atom. The van der Waals surface area contributed by atoms with Crippen LogP contribution in [-0.2, 0) is 10.3 Å². The predicted octanol–water partition coefficient (Wildman–Crippen LogP) is 4.24. The van der Waals surface area contributed by atoms with Gasteiger partial charge in [0.2, 0.25) is 0 Å². The van der Waals surface area contributed by atoms with Crippen LogP contribution in [0.15, 0.2) is 72.9 Å². The molecule has 34 heavy (non-hydrogen) atoms. The molecule has 1 N–H and O–H groups in total. The SMILES string of the molecule is OC(CF)(COc1ccccc1N1CCOCC1)c1ccc2c(cnn2-c2ccc(F)cc2)c1. The number of halogens is 2. The predicted molar refractivity (Wildman–Crippen MR) is 126 cm³/mol. The van der Waals surface area contributed by atoms with Crippen molar-refractivity contribution in [1.29, 1.82) is 0 Å². The molecule has 1 saturated heterocycles. The van der Waals surface area contributed by atoms with Crippen LogP contribution >= 0.6 is 0 Å². The maximum absolute atomic E-state index is 14.2. The van der Waals surface area contributed by atoms with Crippen LogP contribution in [0.2, 0.25) is 0 Å². The second-order valence-electron chi connectivity index (χ2n) is 8.33. The highest BCUT2D eigenvalue weighted by molar-refractivity contribution is 5.81. The van der Waals surface area contributed by atoms with Crippen molar-refractivity contribution in [1.82, 2.24) is 9.78 Å². The molecule has 0 saturated carbocycles. The molecule has 1 unspecified atom stereocenters. The highest BCUT2D eigenvalue weighted by atomic mass is 19.1. The van der Waals surface area contributed by atoms with Gasteiger partial charge in [0.1, 0.15) is 24.8 Å². The van der Waals surface area contributed by atoms with Gasteiger partial charge in [-0.2, -0.15) is 5.10 Å². The first kappa shape index (κ1) is 22.3. The lowest BCUT2D eigenvalue weighted by Crippen LogP contribution is -2.38. The molecule has 0 aliphatic carbocycles. The molecule has 5 rings (SSSR count). The fraction of sp³-hybridized carbons (Fsp3) is 0.269. The highest BCUT2D eigenvalue weighted by Gasteiger charge is 2.32. The van der Waals surface area contributed by atoms with Crippen molar-refractivity contribution in [3.05, 3.63) is 84.3 Å². The average molecular weight is 466 g/mol. The number of fused-ring (bicyclic) bond motifs is 1. The number of aliphatic hydroxyl groups is 1. The van der Waals surface area contributed by atoms with Gasteiger partial charge in [-0.1, -0.05) is 18.2 Å². The molecule has 8 heteroatoms. The maximum Gasteiger partial charge on any atom is 0.152 e. The number of benzene rings is 3. The second kappa shape index (κ2) is 9.40. The number of ether oxygens (including phenoxy) is 2. The minimum Gasteiger partial charge on any atom is -0.488 e. The fourth-order valence-corrected chi connectivity index (χ4v) is 4.15. The molecule has 3 aromatic carbocycles. The molecule has 0 spiro atoms. The average Bonchev–Trinajstić information content (AvgIpc) is 3.32. The lowest BCUT2D eigenvalue weighted by atomic mass is 9.95. The molecule has 1 atom stereocenters. The van der Waals surface area contributed by atoms with Gasteiger partial charge in [-0.05, 0) is 54.1 Å². The van der Waals surface area contributed by atoms with Gasteiger partial charge in [0, 0.05) is 18.5 Å². The molecule has 1 aliphatic rings. The van der Waals surface area contributed by atoms with Crippen LogP contribution in [0.1, 0.15) is 5.56 Å². The molecule has 0 radical (unpaired) electrons. The summed E-state index contributed by atoms with van der Waals surface area (Å²) in [5.41, 5.74) is 0.917. The van der Waals surface area contributed by atoms with E-state index >= 15 is 0 Å². The van der Waals surface area contributed by atoms with E-state index in [-0.39, 0.29) is 12.4 Å². The zero-order chi connectivity index (χ0) is 23.5. The summed E-state index contributed by atoms with van der Waals surface area (Å²) in [7, 11) is 0. The number of rotatable bonds is 7. The van der Waals surface area contributed by atoms with E-state index < -0.39 is 12.3 Å². The summed E-state index contributed by atoms with van der Waals surface area (Å²) < 4.78 is 40.5. The standard InChI is InChI=1S/C26H25F2N3O3/c27-17-26(32,18-34-25-4-2-1-3-24(25)30-11-13-33-14-12-30)20-5-10-23-19(15-20)16-29-31(23)22-8-6-21(28)7-9-22/h1-10,15-16,32H,11-14,17-18H2. The number of alkyl halides is 1. The van der Waals surface area contributed by atoms with Crippen molar-refractivity contribution in [2.75, 3.05) is 44.5 Å². The van der Waals surface area contributed by atoms with Crippen molar-refractivity contribution >= 4 is 16.6 Å². The van der Waals surface area contributed by atoms with E-state index in [0.717, 1.165) is 29.7 Å². The van der Waals surface area contributed by atoms with Crippen LogP contribution in [0.4, 0.5) is 14.5 Å². The number of hydrogen-bond acceptors (Lipinski definition) is 5. The van der Waals surface area contributed by atoms with E-state index in [9.17, 15) is 13.9 Å². The molecule has 2 heterocycles. The van der Waals surface area contributed by atoms with Crippen LogP contribution in [0.25, 0.3) is 16.6 Å². The van der Waals surface area contributed by atoms with Gasteiger partial charge in [-0.25, -0.2) is 13.5 Å². The largest absolute Gasteiger partial charge is 0.488 e. The Kier molecular flexibility index (Phi) is 6.17. The van der Waals surface area contributed by atoms with Crippen molar-refractivity contribution in [3.63, 3.8) is 0 Å². The summed E-state index contributed by atoms with van der Waals surface area (Å²) in [6.45, 7) is 1.49. The lowest BCUT2D eigenvalue weighted by molar-refractivity contribution is -0.0288. The van der Waals surface area contributed by atoms with Gasteiger partial charge in [0.05, 0.1) is 36.3 Å². The molecular formula is C26H25F2N3O3. The summed E-state index contributed by atoms with van der Waals surface area (Å²) in [5, 5.41) is 16.3. The number of para-hydroxylation sites is 2. The Hall–Kier alpha value is -3.49. The monoisotopic (exact) mass is 465 g/mol. The number of hydrogen-bond donors (Lipinski definition) is 1. The number of aromatic nitrogens is 2. The van der Waals surface area contributed by atoms with Crippen molar-refractivity contribution in [2.24, 2.45) is 0 Å². The first-order valence-corrected chi connectivity index (χ1v) is 11.1. The smallest absolute Gasteiger partial charge is 0.152 e. The molecule has 0 bridgehead atoms. The number of anilines is 1. The number of morpholine rings is 1. The van der Waals surface area contributed by atoms with Crippen LogP contribution in [0.5, 0.6) is 5.75 Å². The van der Waals surface area contributed by atoms with Crippen molar-refractivity contribution in [2.45, 2.75) is 5.60 Å². The molecule has 6 nitrogen and oxygen atoms in total. The van der Waals surface area contributed by atoms with Crippen LogP contribution < -0.4 is 9.64 Å². The fourth-order valence-electron chi connectivity index (χ4n) is 4.15. The molecule has 1 aromatic heterocycles. The van der Waals surface area contributed by atoms with Crippen LogP contribution in [0.3, 0.4) is 0 Å². The Morgan fingerprint density at radius 1 is 1.03 bits per heavy atom. The van der Waals surface area contributed by atoms with Gasteiger partial charge in [-0.15, -0.1) is 0 Å². The highest BCUT2D eigenvalue weighted by Crippen LogP contribution is 2.32. The molecular weight excluding hydrogens is 440 g/mol. The van der Waals surface area contributed by atoms with Gasteiger partial charge < -0.3 is 19.5 Å². The molecule has 1 fully saturated rings. The normalized spacial score (nSPS) is 15.9. The minimum absolute atomic E-state index is 0.248. The molecule has 4 aromatic rings. The quantitative estimate of drug-likeness (QED) is 0.443. The second-order valence-corrected chi connectivity index (χ2v) is 8.33. The van der Waals surface area contributed by atoms with E-state index in [1.165, 1.54) is 12.1 Å². The third-order valence-corrected chi connectivity index (χ3v) is 6.08. The van der Waals surface area contributed by atoms with E-state index in [1.54, 1.807) is 41.2 Å². The zero-order valence-electron chi connectivity index (χ0n) is 18.5. The van der Waals surface area contributed by atoms with Gasteiger partial charge in [-0.3, -0.25) is 0 Å². The van der Waals surface area contributed by atoms with Gasteiger partial charge >= 0.3 is 0 Å². The van der Waals surface area contributed by atoms with Crippen LogP contribution in [-0.4, -0.2) is 54.5 Å². The Balaban J connectivity index is 1.39. The summed E-state index contributed by atoms with van der Waals surface area (Å²) in [6.07, 6.45) is 1.63.